The van der Waals surface area contributed by atoms with E-state index in [0.717, 1.165) is 24.3 Å². The molecule has 0 fully saturated rings. The molecule has 0 amide bonds. The largest absolute Gasteiger partial charge is 0.290 e. The van der Waals surface area contributed by atoms with Crippen molar-refractivity contribution < 1.29 is 18.1 Å². The van der Waals surface area contributed by atoms with Crippen LogP contribution in [-0.4, -0.2) is 28.0 Å². The first-order chi connectivity index (χ1) is 8.63. The lowest BCUT2D eigenvalue weighted by Crippen LogP contribution is -2.36. The van der Waals surface area contributed by atoms with E-state index in [1.54, 1.807) is 0 Å². The highest BCUT2D eigenvalue weighted by Gasteiger charge is 2.45. The van der Waals surface area contributed by atoms with Gasteiger partial charge in [-0.25, -0.2) is 8.42 Å². The lowest BCUT2D eigenvalue weighted by Gasteiger charge is -2.17. The molecule has 0 N–H and O–H groups in total. The Morgan fingerprint density at radius 2 is 1.89 bits per heavy atom. The van der Waals surface area contributed by atoms with Gasteiger partial charge in [-0.05, 0) is 28.1 Å². The summed E-state index contributed by atoms with van der Waals surface area (Å²) < 4.78 is 21.1. The zero-order valence-corrected chi connectivity index (χ0v) is 12.8. The van der Waals surface area contributed by atoms with Gasteiger partial charge in [-0.3, -0.25) is 14.9 Å². The number of rotatable bonds is 5. The molecule has 0 spiro atoms. The fraction of sp³-hybridized carbons (Fsp3) is 0.300. The zero-order valence-electron chi connectivity index (χ0n) is 9.67. The van der Waals surface area contributed by atoms with Crippen molar-refractivity contribution in [2.45, 2.75) is 10.0 Å². The molecule has 1 rings (SSSR count). The molecule has 1 unspecified atom stereocenters. The van der Waals surface area contributed by atoms with Crippen molar-refractivity contribution in [3.63, 3.8) is 0 Å². The molecular weight excluding hydrogens is 362 g/mol. The van der Waals surface area contributed by atoms with Crippen LogP contribution in [0.1, 0.15) is 17.3 Å². The molecule has 0 aromatic heterocycles. The second kappa shape index (κ2) is 5.56. The highest BCUT2D eigenvalue weighted by molar-refractivity contribution is 9.12. The van der Waals surface area contributed by atoms with E-state index in [1.807, 2.05) is 0 Å². The molecule has 9 heteroatoms. The molecule has 0 aliphatic carbocycles. The van der Waals surface area contributed by atoms with Crippen LogP contribution in [0.15, 0.2) is 24.3 Å². The lowest BCUT2D eigenvalue weighted by atomic mass is 10.1. The number of nitro benzene ring substituents is 1. The van der Waals surface area contributed by atoms with Crippen LogP contribution in [0.4, 0.5) is 5.69 Å². The number of nitro groups is 1. The Hall–Kier alpha value is -0.990. The van der Waals surface area contributed by atoms with E-state index in [2.05, 4.69) is 15.9 Å². The molecule has 104 valence electrons. The Bertz CT molecular complexity index is 611. The number of benzene rings is 1. The molecule has 1 aromatic rings. The smallest absolute Gasteiger partial charge is 0.269 e. The maximum Gasteiger partial charge on any atom is 0.269 e. The van der Waals surface area contributed by atoms with Crippen LogP contribution in [0.2, 0.25) is 0 Å². The molecule has 0 saturated carbocycles. The number of hydrogen-bond donors (Lipinski definition) is 0. The Morgan fingerprint density at radius 1 is 1.42 bits per heavy atom. The van der Waals surface area contributed by atoms with Crippen molar-refractivity contribution in [3.05, 3.63) is 39.9 Å². The lowest BCUT2D eigenvalue weighted by molar-refractivity contribution is -0.384. The predicted molar refractivity (Wildman–Crippen MR) is 74.4 cm³/mol. The number of halogens is 2. The Labute approximate surface area is 123 Å². The van der Waals surface area contributed by atoms with Crippen LogP contribution in [0, 0.1) is 10.1 Å². The summed E-state index contributed by atoms with van der Waals surface area (Å²) >= 11 is 8.47. The zero-order chi connectivity index (χ0) is 14.8. The van der Waals surface area contributed by atoms with Gasteiger partial charge in [0.05, 0.1) is 10.7 Å². The molecule has 1 atom stereocenters. The average Bonchev–Trinajstić information content (AvgIpc) is 2.37. The first-order valence-electron chi connectivity index (χ1n) is 5.03. The van der Waals surface area contributed by atoms with Crippen LogP contribution < -0.4 is 0 Å². The molecule has 0 aliphatic heterocycles. The minimum Gasteiger partial charge on any atom is -0.290 e. The van der Waals surface area contributed by atoms with Gasteiger partial charge in [0.2, 0.25) is 5.78 Å². The summed E-state index contributed by atoms with van der Waals surface area (Å²) in [5.41, 5.74) is -0.237. The van der Waals surface area contributed by atoms with Gasteiger partial charge in [-0.15, -0.1) is 0 Å². The van der Waals surface area contributed by atoms with Crippen molar-refractivity contribution in [3.8, 4) is 0 Å². The number of non-ortho nitro benzene ring substituents is 1. The normalized spacial score (nSPS) is 14.7. The second-order valence-electron chi connectivity index (χ2n) is 3.55. The van der Waals surface area contributed by atoms with Gasteiger partial charge in [0.25, 0.3) is 8.80 Å². The fourth-order valence-corrected chi connectivity index (χ4v) is 3.34. The predicted octanol–water partition coefficient (Wildman–Crippen LogP) is 2.50. The third kappa shape index (κ3) is 3.13. The Balaban J connectivity index is 3.17. The summed E-state index contributed by atoms with van der Waals surface area (Å²) in [6, 6.07) is 4.52. The number of alkyl halides is 2. The molecule has 0 bridgehead atoms. The van der Waals surface area contributed by atoms with E-state index in [9.17, 15) is 23.3 Å². The maximum atomic E-state index is 12.0. The summed E-state index contributed by atoms with van der Waals surface area (Å²) in [6.07, 6.45) is 0. The minimum absolute atomic E-state index is 0.0329. The number of nitrogens with zero attached hydrogens (tertiary/aromatic N) is 1. The first-order valence-corrected chi connectivity index (χ1v) is 7.85. The van der Waals surface area contributed by atoms with Gasteiger partial charge in [-0.2, -0.15) is 0 Å². The number of hydrogen-bond acceptors (Lipinski definition) is 5. The number of Topliss-reactive ketones (excluding diaryl/α,β-unsaturated/α-hetero) is 1. The first kappa shape index (κ1) is 16.1. The fourth-order valence-electron chi connectivity index (χ4n) is 1.23. The molecule has 0 radical (unpaired) electrons. The van der Waals surface area contributed by atoms with E-state index in [0.29, 0.717) is 0 Å². The summed E-state index contributed by atoms with van der Waals surface area (Å²) in [5, 5.41) is 10.5. The molecule has 0 aliphatic rings. The van der Waals surface area contributed by atoms with Crippen LogP contribution in [0.3, 0.4) is 0 Å². The van der Waals surface area contributed by atoms with Gasteiger partial charge in [0, 0.05) is 17.7 Å². The van der Waals surface area contributed by atoms with E-state index in [4.69, 9.17) is 11.6 Å². The van der Waals surface area contributed by atoms with Gasteiger partial charge in [0.1, 0.15) is 0 Å². The minimum atomic E-state index is -3.87. The Morgan fingerprint density at radius 3 is 2.26 bits per heavy atom. The topological polar surface area (TPSA) is 94.3 Å². The molecular formula is C10H9BrClNO5S. The van der Waals surface area contributed by atoms with Crippen molar-refractivity contribution >= 4 is 48.8 Å². The molecule has 6 nitrogen and oxygen atoms in total. The molecule has 0 heterocycles. The van der Waals surface area contributed by atoms with Crippen molar-refractivity contribution in [2.24, 2.45) is 0 Å². The summed E-state index contributed by atoms with van der Waals surface area (Å²) in [5.74, 6) is -1.20. The third-order valence-corrected chi connectivity index (χ3v) is 6.82. The van der Waals surface area contributed by atoms with E-state index < -0.39 is 23.7 Å². The second-order valence-corrected chi connectivity index (χ2v) is 8.93. The molecule has 1 aromatic carbocycles. The number of carbonyl (C=O) groups excluding carboxylic acids is 1. The quantitative estimate of drug-likeness (QED) is 0.343. The highest BCUT2D eigenvalue weighted by atomic mass is 79.9. The standard InChI is InChI=1S/C10H9BrClNO5S/c1-2-19(17,18)10(11,12)9(14)7-3-5-8(6-4-7)13(15)16/h3-6H,2H2,1H3. The Kier molecular flexibility index (Phi) is 4.70. The maximum absolute atomic E-state index is 12.0. The van der Waals surface area contributed by atoms with Crippen LogP contribution in [0.25, 0.3) is 0 Å². The van der Waals surface area contributed by atoms with Crippen LogP contribution in [-0.2, 0) is 9.84 Å². The number of ketones is 1. The van der Waals surface area contributed by atoms with E-state index in [-0.39, 0.29) is 17.0 Å². The van der Waals surface area contributed by atoms with Crippen molar-refractivity contribution in [1.82, 2.24) is 0 Å². The third-order valence-electron chi connectivity index (χ3n) is 2.38. The van der Waals surface area contributed by atoms with Crippen molar-refractivity contribution in [1.29, 1.82) is 0 Å². The average molecular weight is 371 g/mol. The van der Waals surface area contributed by atoms with Gasteiger partial charge >= 0.3 is 0 Å². The molecule has 19 heavy (non-hydrogen) atoms. The van der Waals surface area contributed by atoms with E-state index >= 15 is 0 Å². The highest BCUT2D eigenvalue weighted by Crippen LogP contribution is 2.35. The number of carbonyl (C=O) groups is 1. The van der Waals surface area contributed by atoms with Crippen LogP contribution >= 0.6 is 27.5 Å². The van der Waals surface area contributed by atoms with Gasteiger partial charge < -0.3 is 0 Å². The van der Waals surface area contributed by atoms with E-state index in [1.165, 1.54) is 6.92 Å². The summed E-state index contributed by atoms with van der Waals surface area (Å²) in [4.78, 5) is 21.9. The summed E-state index contributed by atoms with van der Waals surface area (Å²) in [7, 11) is -3.87. The van der Waals surface area contributed by atoms with Gasteiger partial charge in [-0.1, -0.05) is 18.5 Å². The van der Waals surface area contributed by atoms with Gasteiger partial charge in [0.15, 0.2) is 9.84 Å². The monoisotopic (exact) mass is 369 g/mol. The van der Waals surface area contributed by atoms with Crippen LogP contribution in [0.5, 0.6) is 0 Å². The van der Waals surface area contributed by atoms with Crippen molar-refractivity contribution in [2.75, 3.05) is 5.75 Å². The SMILES string of the molecule is CCS(=O)(=O)C(Cl)(Br)C(=O)c1ccc([N+](=O)[O-])cc1. The summed E-state index contributed by atoms with van der Waals surface area (Å²) in [6.45, 7) is 1.36. The molecule has 0 saturated heterocycles. The number of sulfone groups is 1.